The fourth-order valence-electron chi connectivity index (χ4n) is 6.42. The van der Waals surface area contributed by atoms with E-state index in [-0.39, 0.29) is 66.1 Å². The second-order valence-corrected chi connectivity index (χ2v) is 18.5. The first kappa shape index (κ1) is 81.2. The van der Waals surface area contributed by atoms with Gasteiger partial charge in [0, 0.05) is 64.9 Å². The van der Waals surface area contributed by atoms with Crippen LogP contribution in [-0.4, -0.2) is 150 Å². The maximum Gasteiger partial charge on any atom is 0.261 e. The number of amidine groups is 1. The normalized spacial score (nSPS) is 11.7. The number of nitrogen functional groups attached to an aromatic ring is 3. The van der Waals surface area contributed by atoms with Crippen molar-refractivity contribution in [3.05, 3.63) is 58.2 Å². The maximum absolute atomic E-state index is 12.6. The number of anilines is 4. The van der Waals surface area contributed by atoms with Gasteiger partial charge in [-0.25, -0.2) is 9.97 Å². The smallest absolute Gasteiger partial charge is 0.261 e. The van der Waals surface area contributed by atoms with Crippen LogP contribution in [0, 0.1) is 5.41 Å². The standard InChI is InChI=1S/C26H32N12O2S.C10H15NO3S.C6H12N2O2.C5H12.C3H8.C2H6.CH4O.CH2O.H4N2/c1-31-14-5-6-16(17(11-14)21(27)28)24(39)32-9-3-4-10-33-25(40)18-7-8-19(41-18)38(2)13-15-12-34-23-20(35-15)22(29)36-26(30)37-23;12-6-4-2-1-3-5-11-9(13)7-8(15)10(11)14;1-5(4-9)8-6(10)3-7-2;1-3-5-4-2;1-3-2;4*1-2/h5-8,11-12,31H,3-4,9-10,13H2,1-2H3,(H3,27,28)(H,32,39)(H,33,40)(H4,29,30,34,36,37);6,8,15H,1-5,7H2;4-5,7H,3H2,1-2H3,(H,8,10);3-5H2,1-2H3;3H2,1-2H3;1-2H3;2H,1H3;1H2;1-2H2. The molecule has 0 aliphatic carbocycles. The number of thiol groups is 1. The van der Waals surface area contributed by atoms with E-state index >= 15 is 0 Å². The number of carbonyl (C=O) groups is 8. The number of nitrogens with zero attached hydrogens (tertiary/aromatic N) is 6. The van der Waals surface area contributed by atoms with E-state index in [0.717, 1.165) is 43.3 Å². The molecule has 4 aromatic rings. The average Bonchev–Trinajstić information content (AvgIpc) is 4.16. The molecule has 82 heavy (non-hydrogen) atoms. The number of aromatic nitrogens is 4. The molecule has 1 saturated heterocycles. The number of imide groups is 1. The van der Waals surface area contributed by atoms with E-state index in [4.69, 9.17) is 32.5 Å². The molecule has 26 nitrogen and oxygen atoms in total. The molecule has 3 aromatic heterocycles. The molecule has 0 radical (unpaired) electrons. The number of likely N-dealkylation sites (tertiary alicyclic amines) is 1. The van der Waals surface area contributed by atoms with Gasteiger partial charge in [-0.2, -0.15) is 22.6 Å². The summed E-state index contributed by atoms with van der Waals surface area (Å²) in [5, 5.41) is 29.0. The highest BCUT2D eigenvalue weighted by Crippen LogP contribution is 2.27. The van der Waals surface area contributed by atoms with E-state index in [9.17, 15) is 33.6 Å². The summed E-state index contributed by atoms with van der Waals surface area (Å²) in [5.74, 6) is 7.10. The van der Waals surface area contributed by atoms with E-state index in [1.165, 1.54) is 41.9 Å². The van der Waals surface area contributed by atoms with Crippen LogP contribution in [0.2, 0.25) is 0 Å². The number of aliphatic hydroxyl groups is 1. The number of thiophene rings is 1. The Balaban J connectivity index is -0.000000604. The van der Waals surface area contributed by atoms with Gasteiger partial charge in [0.05, 0.1) is 51.7 Å². The molecule has 1 aromatic carbocycles. The zero-order valence-electron chi connectivity index (χ0n) is 49.9. The van der Waals surface area contributed by atoms with Crippen LogP contribution in [0.1, 0.15) is 150 Å². The number of carbonyl (C=O) groups excluding carboxylic acids is 8. The molecule has 1 fully saturated rings. The molecule has 1 aliphatic rings. The third-order valence-electron chi connectivity index (χ3n) is 10.2. The van der Waals surface area contributed by atoms with Gasteiger partial charge in [-0.05, 0) is 70.0 Å². The number of hydrazine groups is 1. The van der Waals surface area contributed by atoms with Gasteiger partial charge in [-0.1, -0.05) is 73.6 Å². The van der Waals surface area contributed by atoms with E-state index in [2.05, 4.69) is 98.5 Å². The van der Waals surface area contributed by atoms with Crippen LogP contribution < -0.4 is 60.4 Å². The minimum Gasteiger partial charge on any atom is -0.400 e. The Labute approximate surface area is 494 Å². The number of rotatable bonds is 24. The number of aldehydes is 2. The van der Waals surface area contributed by atoms with Crippen molar-refractivity contribution in [1.82, 2.24) is 46.1 Å². The van der Waals surface area contributed by atoms with Crippen LogP contribution >= 0.6 is 24.0 Å². The van der Waals surface area contributed by atoms with E-state index < -0.39 is 5.25 Å². The summed E-state index contributed by atoms with van der Waals surface area (Å²) >= 11 is 5.39. The fraction of sp³-hybridized carbons (Fsp3) is 0.537. The summed E-state index contributed by atoms with van der Waals surface area (Å²) in [6, 6.07) is 8.33. The summed E-state index contributed by atoms with van der Waals surface area (Å²) in [6.07, 6.45) is 13.1. The lowest BCUT2D eigenvalue weighted by molar-refractivity contribution is -0.138. The van der Waals surface area contributed by atoms with Crippen molar-refractivity contribution in [2.75, 3.05) is 76.1 Å². The Bertz CT molecular complexity index is 2430. The number of hydrogen-bond acceptors (Lipinski definition) is 23. The number of unbranched alkanes of at least 4 members (excludes halogenated alkanes) is 6. The fourth-order valence-corrected chi connectivity index (χ4v) is 7.60. The summed E-state index contributed by atoms with van der Waals surface area (Å²) in [5.41, 5.74) is 20.0. The predicted octanol–water partition coefficient (Wildman–Crippen LogP) is 4.14. The van der Waals surface area contributed by atoms with E-state index in [1.807, 2.05) is 38.7 Å². The minimum absolute atomic E-state index is 0.0428. The van der Waals surface area contributed by atoms with E-state index in [1.54, 1.807) is 51.5 Å². The summed E-state index contributed by atoms with van der Waals surface area (Å²) < 4.78 is 0. The molecular weight excluding hydrogens is 1090 g/mol. The quantitative estimate of drug-likeness (QED) is 0.00685. The third kappa shape index (κ3) is 34.1. The Morgan fingerprint density at radius 2 is 1.50 bits per heavy atom. The number of fused-ring (bicyclic) bond motifs is 1. The van der Waals surface area contributed by atoms with E-state index in [0.29, 0.717) is 84.6 Å². The minimum atomic E-state index is -0.451. The van der Waals surface area contributed by atoms with Crippen molar-refractivity contribution in [1.29, 1.82) is 5.41 Å². The lowest BCUT2D eigenvalue weighted by Crippen LogP contribution is -2.38. The largest absolute Gasteiger partial charge is 0.400 e. The van der Waals surface area contributed by atoms with Gasteiger partial charge in [0.25, 0.3) is 11.8 Å². The zero-order chi connectivity index (χ0) is 63.6. The second-order valence-electron chi connectivity index (χ2n) is 16.8. The topological polar surface area (TPSA) is 429 Å². The molecule has 462 valence electrons. The first-order valence-electron chi connectivity index (χ1n) is 26.9. The molecule has 5 rings (SSSR count). The van der Waals surface area contributed by atoms with Crippen molar-refractivity contribution in [2.45, 2.75) is 137 Å². The Hall–Kier alpha value is -7.24. The van der Waals surface area contributed by atoms with Gasteiger partial charge >= 0.3 is 0 Å². The van der Waals surface area contributed by atoms with Crippen molar-refractivity contribution in [3.63, 3.8) is 0 Å². The molecule has 4 heterocycles. The SMILES string of the molecule is C=O.CC.CCC.CCCCC.CNCC(=O)NC(C)C=O.CNc1ccc(C(=O)NCCCCNC(=O)c2ccc(N(C)Cc3cnc4nc(N)nc(N)c4n3)s2)c(C(=N)N)c1.CO.NN.O=CCCCCCN1C(=O)CC(S)C1=O. The van der Waals surface area contributed by atoms with Crippen molar-refractivity contribution in [2.24, 2.45) is 17.4 Å². The molecule has 1 aliphatic heterocycles. The Kier molecular flexibility index (Phi) is 51.4. The van der Waals surface area contributed by atoms with Gasteiger partial charge < -0.3 is 68.2 Å². The first-order chi connectivity index (χ1) is 39.3. The van der Waals surface area contributed by atoms with Gasteiger partial charge in [0.15, 0.2) is 17.0 Å². The highest BCUT2D eigenvalue weighted by atomic mass is 32.1. The summed E-state index contributed by atoms with van der Waals surface area (Å²) in [7, 11) is 6.32. The van der Waals surface area contributed by atoms with Gasteiger partial charge in [0.2, 0.25) is 23.7 Å². The number of amides is 5. The van der Waals surface area contributed by atoms with Crippen LogP contribution in [0.25, 0.3) is 11.2 Å². The molecule has 0 spiro atoms. The maximum atomic E-state index is 12.6. The van der Waals surface area contributed by atoms with Crippen molar-refractivity contribution >= 4 is 112 Å². The van der Waals surface area contributed by atoms with Crippen LogP contribution in [0.4, 0.5) is 22.5 Å². The highest BCUT2D eigenvalue weighted by molar-refractivity contribution is 7.81. The molecule has 5 amide bonds. The van der Waals surface area contributed by atoms with Gasteiger partial charge in [-0.15, -0.1) is 11.3 Å². The lowest BCUT2D eigenvalue weighted by atomic mass is 10.0. The number of nitrogens with one attached hydrogen (secondary N) is 6. The molecular formula is C54H95N17O9S2. The molecule has 0 saturated carbocycles. The van der Waals surface area contributed by atoms with Crippen LogP contribution in [0.3, 0.4) is 0 Å². The van der Waals surface area contributed by atoms with Crippen LogP contribution in [0.5, 0.6) is 0 Å². The number of hydrogen-bond donors (Lipinski definition) is 13. The Morgan fingerprint density at radius 3 is 2.00 bits per heavy atom. The number of nitrogens with two attached hydrogens (primary N) is 5. The van der Waals surface area contributed by atoms with Crippen LogP contribution in [-0.2, 0) is 35.3 Å². The summed E-state index contributed by atoms with van der Waals surface area (Å²) in [4.78, 5) is 107. The highest BCUT2D eigenvalue weighted by Gasteiger charge is 2.35. The van der Waals surface area contributed by atoms with Crippen molar-refractivity contribution < 1.29 is 43.5 Å². The molecule has 28 heteroatoms. The average molecular weight is 1190 g/mol. The zero-order valence-corrected chi connectivity index (χ0v) is 51.6. The molecule has 17 N–H and O–H groups in total. The predicted molar refractivity (Wildman–Crippen MR) is 334 cm³/mol. The number of aliphatic hydroxyl groups excluding tert-OH is 1. The van der Waals surface area contributed by atoms with Gasteiger partial charge in [0.1, 0.15) is 25.2 Å². The molecule has 0 bridgehead atoms. The lowest BCUT2D eigenvalue weighted by Gasteiger charge is -2.16. The summed E-state index contributed by atoms with van der Waals surface area (Å²) in [6.45, 7) is 18.3. The second kappa shape index (κ2) is 51.9. The first-order valence-corrected chi connectivity index (χ1v) is 28.2. The molecule has 2 atom stereocenters. The van der Waals surface area contributed by atoms with Gasteiger partial charge in [-0.3, -0.25) is 46.0 Å². The Morgan fingerprint density at radius 1 is 0.902 bits per heavy atom. The number of likely N-dealkylation sites (N-methyl/N-ethyl adjacent to an activating group) is 1. The van der Waals surface area contributed by atoms with Crippen molar-refractivity contribution in [3.8, 4) is 0 Å². The number of benzene rings is 1. The molecule has 2 unspecified atom stereocenters. The monoisotopic (exact) mass is 1190 g/mol. The third-order valence-corrected chi connectivity index (χ3v) is 11.8. The van der Waals surface area contributed by atoms with Crippen LogP contribution in [0.15, 0.2) is 36.5 Å².